The Hall–Kier alpha value is -2.27. The molecule has 0 heterocycles. The van der Waals surface area contributed by atoms with Crippen LogP contribution in [0.15, 0.2) is 48.5 Å². The first-order valence-corrected chi connectivity index (χ1v) is 6.33. The molecule has 0 aliphatic rings. The molecule has 0 bridgehead atoms. The third-order valence-electron chi connectivity index (χ3n) is 2.67. The van der Waals surface area contributed by atoms with Gasteiger partial charge in [0.1, 0.15) is 4.99 Å². The zero-order valence-corrected chi connectivity index (χ0v) is 11.3. The smallest absolute Gasteiger partial charge is 0.229 e. The number of halogens is 1. The Bertz CT molecular complexity index is 644. The molecule has 1 amide bonds. The first kappa shape index (κ1) is 14.1. The number of aromatic hydroxyl groups is 1. The minimum Gasteiger partial charge on any atom is -0.505 e. The van der Waals surface area contributed by atoms with Gasteiger partial charge in [0.15, 0.2) is 11.6 Å². The van der Waals surface area contributed by atoms with Gasteiger partial charge in [0, 0.05) is 5.56 Å². The molecule has 2 N–H and O–H groups in total. The number of amides is 1. The third kappa shape index (κ3) is 3.61. The van der Waals surface area contributed by atoms with E-state index in [4.69, 9.17) is 17.3 Å². The number of carbonyl (C=O) groups is 1. The van der Waals surface area contributed by atoms with Gasteiger partial charge in [-0.3, -0.25) is 4.79 Å². The molecule has 0 spiro atoms. The minimum absolute atomic E-state index is 0.129. The summed E-state index contributed by atoms with van der Waals surface area (Å²) in [5.41, 5.74) is 1.21. The summed E-state index contributed by atoms with van der Waals surface area (Å²) in [6.45, 7) is 0. The summed E-state index contributed by atoms with van der Waals surface area (Å²) in [6, 6.07) is 13.0. The highest BCUT2D eigenvalue weighted by molar-refractivity contribution is 7.80. The van der Waals surface area contributed by atoms with Crippen molar-refractivity contribution in [3.63, 3.8) is 0 Å². The van der Waals surface area contributed by atoms with Crippen LogP contribution in [0.3, 0.4) is 0 Å². The number of phenolic OH excluding ortho intramolecular Hbond substituents is 1. The van der Waals surface area contributed by atoms with Crippen molar-refractivity contribution in [3.8, 4) is 5.75 Å². The lowest BCUT2D eigenvalue weighted by atomic mass is 10.1. The molecular formula is C15H12FNO2S. The lowest BCUT2D eigenvalue weighted by Crippen LogP contribution is -2.31. The third-order valence-corrected chi connectivity index (χ3v) is 3.01. The largest absolute Gasteiger partial charge is 0.505 e. The van der Waals surface area contributed by atoms with E-state index in [0.29, 0.717) is 5.56 Å². The monoisotopic (exact) mass is 289 g/mol. The summed E-state index contributed by atoms with van der Waals surface area (Å²) in [5.74, 6) is -1.50. The summed E-state index contributed by atoms with van der Waals surface area (Å²) in [7, 11) is 0. The van der Waals surface area contributed by atoms with E-state index in [1.54, 1.807) is 0 Å². The van der Waals surface area contributed by atoms with Gasteiger partial charge >= 0.3 is 0 Å². The van der Waals surface area contributed by atoms with Crippen LogP contribution in [0.4, 0.5) is 4.39 Å². The normalized spacial score (nSPS) is 10.1. The van der Waals surface area contributed by atoms with Crippen molar-refractivity contribution < 1.29 is 14.3 Å². The predicted octanol–water partition coefficient (Wildman–Crippen LogP) is 2.57. The summed E-state index contributed by atoms with van der Waals surface area (Å²) >= 11 is 5.04. The van der Waals surface area contributed by atoms with Crippen LogP contribution in [0, 0.1) is 5.82 Å². The minimum atomic E-state index is -0.776. The topological polar surface area (TPSA) is 49.3 Å². The van der Waals surface area contributed by atoms with Crippen molar-refractivity contribution in [1.82, 2.24) is 5.32 Å². The standard InChI is InChI=1S/C15H12FNO2S/c16-12-9-11(6-7-13(12)18)15(20)17-14(19)8-10-4-2-1-3-5-10/h1-7,9,18H,8H2,(H,17,19,20). The zero-order chi connectivity index (χ0) is 14.5. The Morgan fingerprint density at radius 2 is 1.90 bits per heavy atom. The van der Waals surface area contributed by atoms with Crippen molar-refractivity contribution in [1.29, 1.82) is 0 Å². The zero-order valence-electron chi connectivity index (χ0n) is 10.5. The van der Waals surface area contributed by atoms with Crippen molar-refractivity contribution in [2.45, 2.75) is 6.42 Å². The summed E-state index contributed by atoms with van der Waals surface area (Å²) < 4.78 is 13.2. The van der Waals surface area contributed by atoms with Crippen LogP contribution in [0.1, 0.15) is 11.1 Å². The van der Waals surface area contributed by atoms with Gasteiger partial charge < -0.3 is 10.4 Å². The molecule has 2 aromatic carbocycles. The van der Waals surface area contributed by atoms with Crippen LogP contribution in [-0.2, 0) is 11.2 Å². The summed E-state index contributed by atoms with van der Waals surface area (Å²) in [6.07, 6.45) is 0.196. The molecule has 0 radical (unpaired) electrons. The first-order valence-electron chi connectivity index (χ1n) is 5.93. The number of thiocarbonyl (C=S) groups is 1. The highest BCUT2D eigenvalue weighted by atomic mass is 32.1. The van der Waals surface area contributed by atoms with Crippen molar-refractivity contribution in [2.75, 3.05) is 0 Å². The van der Waals surface area contributed by atoms with E-state index in [0.717, 1.165) is 11.6 Å². The lowest BCUT2D eigenvalue weighted by molar-refractivity contribution is -0.119. The molecule has 0 atom stereocenters. The molecule has 2 rings (SSSR count). The average Bonchev–Trinajstić information content (AvgIpc) is 2.42. The van der Waals surface area contributed by atoms with E-state index in [-0.39, 0.29) is 17.3 Å². The first-order chi connectivity index (χ1) is 9.56. The van der Waals surface area contributed by atoms with Crippen LogP contribution in [0.2, 0.25) is 0 Å². The maximum atomic E-state index is 13.2. The fourth-order valence-corrected chi connectivity index (χ4v) is 1.91. The van der Waals surface area contributed by atoms with E-state index in [1.807, 2.05) is 30.3 Å². The Morgan fingerprint density at radius 3 is 2.55 bits per heavy atom. The molecule has 0 unspecified atom stereocenters. The van der Waals surface area contributed by atoms with Crippen molar-refractivity contribution >= 4 is 23.1 Å². The van der Waals surface area contributed by atoms with Crippen molar-refractivity contribution in [2.24, 2.45) is 0 Å². The van der Waals surface area contributed by atoms with Crippen LogP contribution in [0.25, 0.3) is 0 Å². The summed E-state index contributed by atoms with van der Waals surface area (Å²) in [5, 5.41) is 11.6. The van der Waals surface area contributed by atoms with E-state index >= 15 is 0 Å². The Kier molecular flexibility index (Phi) is 4.42. The van der Waals surface area contributed by atoms with Gasteiger partial charge in [-0.25, -0.2) is 4.39 Å². The molecule has 0 aliphatic carbocycles. The molecule has 102 valence electrons. The highest BCUT2D eigenvalue weighted by Crippen LogP contribution is 2.16. The molecule has 5 heteroatoms. The molecule has 3 nitrogen and oxygen atoms in total. The maximum absolute atomic E-state index is 13.2. The van der Waals surface area contributed by atoms with Gasteiger partial charge in [-0.15, -0.1) is 0 Å². The number of hydrogen-bond donors (Lipinski definition) is 2. The maximum Gasteiger partial charge on any atom is 0.229 e. The van der Waals surface area contributed by atoms with E-state index < -0.39 is 11.6 Å². The predicted molar refractivity (Wildman–Crippen MR) is 78.1 cm³/mol. The SMILES string of the molecule is O=C(Cc1ccccc1)NC(=S)c1ccc(O)c(F)c1. The van der Waals surface area contributed by atoms with Crippen LogP contribution in [0.5, 0.6) is 5.75 Å². The fourth-order valence-electron chi connectivity index (χ4n) is 1.67. The van der Waals surface area contributed by atoms with Gasteiger partial charge in [-0.2, -0.15) is 0 Å². The molecule has 0 aromatic heterocycles. The quantitative estimate of drug-likeness (QED) is 0.854. The lowest BCUT2D eigenvalue weighted by Gasteiger charge is -2.07. The van der Waals surface area contributed by atoms with Crippen LogP contribution >= 0.6 is 12.2 Å². The molecular weight excluding hydrogens is 277 g/mol. The Labute approximate surface area is 121 Å². The molecule has 2 aromatic rings. The number of hydrogen-bond acceptors (Lipinski definition) is 3. The second-order valence-electron chi connectivity index (χ2n) is 4.21. The average molecular weight is 289 g/mol. The van der Waals surface area contributed by atoms with Gasteiger partial charge in [-0.1, -0.05) is 42.5 Å². The van der Waals surface area contributed by atoms with Gasteiger partial charge in [0.05, 0.1) is 6.42 Å². The van der Waals surface area contributed by atoms with E-state index in [1.165, 1.54) is 12.1 Å². The summed E-state index contributed by atoms with van der Waals surface area (Å²) in [4.78, 5) is 11.9. The second kappa shape index (κ2) is 6.25. The van der Waals surface area contributed by atoms with Gasteiger partial charge in [0.2, 0.25) is 5.91 Å². The van der Waals surface area contributed by atoms with E-state index in [2.05, 4.69) is 5.32 Å². The number of benzene rings is 2. The van der Waals surface area contributed by atoms with Gasteiger partial charge in [0.25, 0.3) is 0 Å². The van der Waals surface area contributed by atoms with Crippen LogP contribution < -0.4 is 5.32 Å². The number of rotatable bonds is 3. The fraction of sp³-hybridized carbons (Fsp3) is 0.0667. The Balaban J connectivity index is 2.00. The van der Waals surface area contributed by atoms with Crippen molar-refractivity contribution in [3.05, 3.63) is 65.5 Å². The molecule has 20 heavy (non-hydrogen) atoms. The number of nitrogens with one attached hydrogen (secondary N) is 1. The molecule has 0 saturated heterocycles. The molecule has 0 aliphatic heterocycles. The number of phenols is 1. The second-order valence-corrected chi connectivity index (χ2v) is 4.61. The molecule has 0 fully saturated rings. The Morgan fingerprint density at radius 1 is 1.20 bits per heavy atom. The van der Waals surface area contributed by atoms with Gasteiger partial charge in [-0.05, 0) is 23.8 Å². The molecule has 0 saturated carbocycles. The van der Waals surface area contributed by atoms with E-state index in [9.17, 15) is 9.18 Å². The highest BCUT2D eigenvalue weighted by Gasteiger charge is 2.10. The van der Waals surface area contributed by atoms with Crippen LogP contribution in [-0.4, -0.2) is 16.0 Å². The number of carbonyl (C=O) groups excluding carboxylic acids is 1.